The van der Waals surface area contributed by atoms with E-state index in [1.807, 2.05) is 0 Å². The number of nitrogens with one attached hydrogen (secondary N) is 1. The second-order valence-corrected chi connectivity index (χ2v) is 17.6. The van der Waals surface area contributed by atoms with Gasteiger partial charge in [0.15, 0.2) is 17.1 Å². The molecule has 10 N–H and O–H groups in total. The third kappa shape index (κ3) is 12.5. The van der Waals surface area contributed by atoms with Gasteiger partial charge in [0.05, 0.1) is 58.3 Å². The molecular weight excluding hydrogens is 1040 g/mol. The molecule has 71 heavy (non-hydrogen) atoms. The summed E-state index contributed by atoms with van der Waals surface area (Å²) in [6.45, 7) is -1.74. The van der Waals surface area contributed by atoms with Gasteiger partial charge in [-0.3, -0.25) is 19.0 Å². The number of aromatic amines is 1. The molecule has 6 rings (SSSR count). The number of rotatable bonds is 23. The Balaban J connectivity index is 1.45. The number of benzene rings is 5. The van der Waals surface area contributed by atoms with Crippen molar-refractivity contribution in [3.8, 4) is 22.9 Å². The minimum absolute atomic E-state index is 0.115. The number of aliphatic hydroxyl groups is 2. The number of phenolic OH excluding ortho intramolecular Hbond substituents is 1. The van der Waals surface area contributed by atoms with E-state index in [1.165, 1.54) is 18.2 Å². The van der Waals surface area contributed by atoms with Crippen molar-refractivity contribution in [1.82, 2.24) is 9.78 Å². The molecule has 0 aliphatic heterocycles. The molecule has 374 valence electrons. The number of azo groups is 3. The fraction of sp³-hybridized carbons (Fsp3) is 0.108. The number of carboxylic acids is 2. The molecular formula is C37H30N8O22S4. The Hall–Kier alpha value is -7.29. The van der Waals surface area contributed by atoms with Crippen molar-refractivity contribution in [3.63, 3.8) is 0 Å². The van der Waals surface area contributed by atoms with Crippen LogP contribution >= 0.6 is 24.1 Å². The van der Waals surface area contributed by atoms with Crippen LogP contribution in [0.3, 0.4) is 0 Å². The van der Waals surface area contributed by atoms with Crippen LogP contribution in [0, 0.1) is 0 Å². The van der Waals surface area contributed by atoms with E-state index in [-0.39, 0.29) is 75.4 Å². The highest BCUT2D eigenvalue weighted by atomic mass is 32.2. The van der Waals surface area contributed by atoms with Crippen molar-refractivity contribution < 1.29 is 99.8 Å². The van der Waals surface area contributed by atoms with Gasteiger partial charge in [0.2, 0.25) is 0 Å². The lowest BCUT2D eigenvalue weighted by Gasteiger charge is -2.14. The number of phenols is 1. The number of fused-ring (bicyclic) bond motifs is 1. The molecule has 0 saturated heterocycles. The lowest BCUT2D eigenvalue weighted by atomic mass is 10.1. The molecule has 0 unspecified atom stereocenters. The molecule has 0 saturated carbocycles. The summed E-state index contributed by atoms with van der Waals surface area (Å²) in [5.41, 5.74) is -5.31. The van der Waals surface area contributed by atoms with Crippen LogP contribution in [0.2, 0.25) is 0 Å². The molecule has 0 spiro atoms. The van der Waals surface area contributed by atoms with Crippen molar-refractivity contribution in [2.45, 2.75) is 19.6 Å². The Labute approximate surface area is 403 Å². The van der Waals surface area contributed by atoms with Crippen LogP contribution in [-0.2, 0) is 39.0 Å². The molecule has 1 aromatic heterocycles. The third-order valence-corrected chi connectivity index (χ3v) is 11.9. The number of carboxylic acid groups (broad SMARTS) is 2. The van der Waals surface area contributed by atoms with E-state index in [1.54, 1.807) is 0 Å². The SMILES string of the molecule is O=C(O)c1cc(SOOO)ccc1N=Nc1cc(OCCO)c(N=Nc2c(SOOO)cc3c(S(=O)(=O)O)c(N=Nc4c(C(=O)O)[nH]n(-c5ccc(S(=O)(=O)O)cc5)c4=O)ccc3c2O)cc1OCCO. The van der Waals surface area contributed by atoms with Gasteiger partial charge >= 0.3 is 11.9 Å². The molecule has 34 heteroatoms. The third-order valence-electron chi connectivity index (χ3n) is 8.93. The molecule has 30 nitrogen and oxygen atoms in total. The van der Waals surface area contributed by atoms with Gasteiger partial charge in [-0.25, -0.2) is 24.8 Å². The number of ether oxygens (including phenoxy) is 2. The Morgan fingerprint density at radius 2 is 1.21 bits per heavy atom. The number of aromatic hydroxyl groups is 1. The van der Waals surface area contributed by atoms with E-state index >= 15 is 0 Å². The highest BCUT2D eigenvalue weighted by molar-refractivity contribution is 7.95. The predicted octanol–water partition coefficient (Wildman–Crippen LogP) is 6.76. The highest BCUT2D eigenvalue weighted by Gasteiger charge is 2.27. The Bertz CT molecular complexity index is 3390. The summed E-state index contributed by atoms with van der Waals surface area (Å²) in [6.07, 6.45) is 0. The molecule has 0 amide bonds. The Morgan fingerprint density at radius 1 is 0.648 bits per heavy atom. The monoisotopic (exact) mass is 1070 g/mol. The first-order valence-corrected chi connectivity index (χ1v) is 23.2. The summed E-state index contributed by atoms with van der Waals surface area (Å²) >= 11 is 0.596. The summed E-state index contributed by atoms with van der Waals surface area (Å²) in [6, 6.07) is 12.8. The minimum Gasteiger partial charge on any atom is -0.505 e. The number of aliphatic hydroxyl groups excluding tert-OH is 2. The second-order valence-electron chi connectivity index (χ2n) is 13.3. The minimum atomic E-state index is -5.40. The molecule has 6 aromatic rings. The molecule has 0 radical (unpaired) electrons. The van der Waals surface area contributed by atoms with E-state index in [0.29, 0.717) is 16.7 Å². The zero-order chi connectivity index (χ0) is 51.6. The average molecular weight is 1070 g/mol. The summed E-state index contributed by atoms with van der Waals surface area (Å²) in [4.78, 5) is 35.7. The highest BCUT2D eigenvalue weighted by Crippen LogP contribution is 2.48. The summed E-state index contributed by atoms with van der Waals surface area (Å²) in [5, 5.41) is 99.9. The predicted molar refractivity (Wildman–Crippen MR) is 237 cm³/mol. The fourth-order valence-electron chi connectivity index (χ4n) is 6.00. The lowest BCUT2D eigenvalue weighted by Crippen LogP contribution is -2.14. The smallest absolute Gasteiger partial charge is 0.356 e. The quantitative estimate of drug-likeness (QED) is 0.0104. The van der Waals surface area contributed by atoms with Crippen LogP contribution in [0.4, 0.5) is 34.1 Å². The molecule has 0 aliphatic rings. The van der Waals surface area contributed by atoms with Crippen LogP contribution in [-0.4, -0.2) is 110 Å². The van der Waals surface area contributed by atoms with Crippen molar-refractivity contribution in [2.24, 2.45) is 30.7 Å². The fourth-order valence-corrected chi connectivity index (χ4v) is 8.18. The molecule has 0 aliphatic carbocycles. The van der Waals surface area contributed by atoms with Gasteiger partial charge in [-0.2, -0.15) is 16.8 Å². The number of aromatic nitrogens is 2. The van der Waals surface area contributed by atoms with Crippen molar-refractivity contribution in [2.75, 3.05) is 26.4 Å². The van der Waals surface area contributed by atoms with Gasteiger partial charge in [0, 0.05) is 27.8 Å². The molecule has 5 aromatic carbocycles. The Kier molecular flexibility index (Phi) is 17.3. The van der Waals surface area contributed by atoms with Crippen molar-refractivity contribution in [1.29, 1.82) is 0 Å². The number of H-pyrrole nitrogens is 1. The number of carbonyl (C=O) groups is 2. The van der Waals surface area contributed by atoms with Crippen molar-refractivity contribution >= 4 is 101 Å². The lowest BCUT2D eigenvalue weighted by molar-refractivity contribution is -0.432. The first-order valence-electron chi connectivity index (χ1n) is 18.8. The van der Waals surface area contributed by atoms with E-state index in [0.717, 1.165) is 54.6 Å². The normalized spacial score (nSPS) is 12.2. The summed E-state index contributed by atoms with van der Waals surface area (Å²) < 4.78 is 89.5. The van der Waals surface area contributed by atoms with Gasteiger partial charge < -0.3 is 35.0 Å². The molecule has 1 heterocycles. The Morgan fingerprint density at radius 3 is 1.77 bits per heavy atom. The largest absolute Gasteiger partial charge is 0.505 e. The second kappa shape index (κ2) is 23.1. The van der Waals surface area contributed by atoms with E-state index in [4.69, 9.17) is 20.0 Å². The van der Waals surface area contributed by atoms with Crippen LogP contribution in [0.5, 0.6) is 17.2 Å². The number of aromatic carboxylic acids is 2. The number of nitrogens with zero attached hydrogens (tertiary/aromatic N) is 7. The zero-order valence-corrected chi connectivity index (χ0v) is 38.1. The van der Waals surface area contributed by atoms with E-state index in [9.17, 15) is 65.9 Å². The molecule has 0 fully saturated rings. The van der Waals surface area contributed by atoms with E-state index in [2.05, 4.69) is 54.5 Å². The molecule has 0 bridgehead atoms. The van der Waals surface area contributed by atoms with Gasteiger partial charge in [-0.15, -0.1) is 39.4 Å². The maximum Gasteiger partial charge on any atom is 0.356 e. The first kappa shape index (κ1) is 53.1. The van der Waals surface area contributed by atoms with Gasteiger partial charge in [-0.05, 0) is 60.7 Å². The standard InChI is InChI=1S/C37H30N8O22S4/c46-9-11-62-27-16-26(28(63-12-10-47)15-25(27)40-38-23-7-3-18(68-66-64-54)13-22(23)36(50)51)41-42-30-29(69-67-65-55)14-21-20(33(30)48)6-8-24(34(21)71(59,60)61)39-43-31-32(37(52)53)44-45(35(31)49)17-1-4-19(5-2-17)70(56,57)58/h1-8,13-16,44,46-48,54-55H,9-12H2,(H,50,51)(H,52,53)(H,56,57,58)(H,59,60,61). The van der Waals surface area contributed by atoms with E-state index < -0.39 is 99.5 Å². The first-order chi connectivity index (χ1) is 33.8. The maximum atomic E-state index is 13.4. The maximum absolute atomic E-state index is 13.4. The molecule has 0 atom stereocenters. The topological polar surface area (TPSA) is 452 Å². The summed E-state index contributed by atoms with van der Waals surface area (Å²) in [7, 11) is -10.0. The van der Waals surface area contributed by atoms with Crippen LogP contribution in [0.15, 0.2) is 128 Å². The average Bonchev–Trinajstić information content (AvgIpc) is 3.67. The van der Waals surface area contributed by atoms with Crippen LogP contribution < -0.4 is 15.0 Å². The zero-order valence-electron chi connectivity index (χ0n) is 34.9. The van der Waals surface area contributed by atoms with Gasteiger partial charge in [0.1, 0.15) is 58.0 Å². The van der Waals surface area contributed by atoms with Gasteiger partial charge in [-0.1, -0.05) is 10.1 Å². The summed E-state index contributed by atoms with van der Waals surface area (Å²) in [5.74, 6) is -4.41. The van der Waals surface area contributed by atoms with Crippen LogP contribution in [0.25, 0.3) is 16.5 Å². The number of hydrogen-bond acceptors (Lipinski definition) is 26. The number of hydrogen-bond donors (Lipinski definition) is 10. The van der Waals surface area contributed by atoms with Crippen LogP contribution in [0.1, 0.15) is 20.8 Å². The van der Waals surface area contributed by atoms with Crippen molar-refractivity contribution in [3.05, 3.63) is 94.4 Å². The van der Waals surface area contributed by atoms with Gasteiger partial charge in [0.25, 0.3) is 25.8 Å².